The zero-order valence-corrected chi connectivity index (χ0v) is 18.7. The standard InChI is InChI=1S/C22H22ClN5O2S/c1-13-10-28(20(29)8-5-16-4-7-19(23)31-16)14(2)22(30)27(13)11-15-3-6-17-18(9-15)25-12-26-21(17)24/h3-9,12-14H,10-11H2,1-2H3,(H2,24,25,26)/t13?,14-/m0/s1. The van der Waals surface area contributed by atoms with E-state index in [4.69, 9.17) is 17.3 Å². The molecular formula is C22H22ClN5O2S. The van der Waals surface area contributed by atoms with Gasteiger partial charge in [0.25, 0.3) is 0 Å². The van der Waals surface area contributed by atoms with E-state index < -0.39 is 6.04 Å². The fraction of sp³-hybridized carbons (Fsp3) is 0.273. The van der Waals surface area contributed by atoms with E-state index in [0.717, 1.165) is 21.3 Å². The second-order valence-electron chi connectivity index (χ2n) is 7.57. The minimum Gasteiger partial charge on any atom is -0.383 e. The van der Waals surface area contributed by atoms with Crippen molar-refractivity contribution in [2.75, 3.05) is 12.3 Å². The summed E-state index contributed by atoms with van der Waals surface area (Å²) in [5, 5.41) is 0.785. The number of carbonyl (C=O) groups is 2. The van der Waals surface area contributed by atoms with Crippen LogP contribution in [-0.2, 0) is 16.1 Å². The maximum Gasteiger partial charge on any atom is 0.247 e. The van der Waals surface area contributed by atoms with Crippen molar-refractivity contribution < 1.29 is 9.59 Å². The summed E-state index contributed by atoms with van der Waals surface area (Å²) in [4.78, 5) is 38.4. The van der Waals surface area contributed by atoms with Crippen molar-refractivity contribution in [3.05, 3.63) is 57.5 Å². The van der Waals surface area contributed by atoms with Gasteiger partial charge in [0, 0.05) is 35.5 Å². The molecule has 0 spiro atoms. The number of benzene rings is 1. The molecule has 0 radical (unpaired) electrons. The van der Waals surface area contributed by atoms with Crippen LogP contribution in [0.1, 0.15) is 24.3 Å². The molecule has 1 fully saturated rings. The third kappa shape index (κ3) is 4.40. The second kappa shape index (κ2) is 8.64. The molecule has 1 aliphatic rings. The summed E-state index contributed by atoms with van der Waals surface area (Å²) in [5.41, 5.74) is 7.59. The Morgan fingerprint density at radius 1 is 1.29 bits per heavy atom. The number of hydrogen-bond acceptors (Lipinski definition) is 6. The largest absolute Gasteiger partial charge is 0.383 e. The Bertz CT molecular complexity index is 1180. The fourth-order valence-corrected chi connectivity index (χ4v) is 4.70. The molecule has 2 aromatic heterocycles. The molecule has 0 bridgehead atoms. The molecule has 3 aromatic rings. The van der Waals surface area contributed by atoms with Crippen molar-refractivity contribution in [3.63, 3.8) is 0 Å². The molecule has 1 aromatic carbocycles. The highest BCUT2D eigenvalue weighted by molar-refractivity contribution is 7.17. The van der Waals surface area contributed by atoms with Crippen molar-refractivity contribution in [3.8, 4) is 0 Å². The molecule has 160 valence electrons. The third-order valence-electron chi connectivity index (χ3n) is 5.45. The van der Waals surface area contributed by atoms with Crippen LogP contribution in [0.15, 0.2) is 42.7 Å². The van der Waals surface area contributed by atoms with Crippen molar-refractivity contribution >= 4 is 57.5 Å². The zero-order valence-electron chi connectivity index (χ0n) is 17.2. The number of halogens is 1. The lowest BCUT2D eigenvalue weighted by molar-refractivity contribution is -0.152. The second-order valence-corrected chi connectivity index (χ2v) is 9.31. The minimum atomic E-state index is -0.543. The Hall–Kier alpha value is -2.97. The van der Waals surface area contributed by atoms with E-state index in [1.165, 1.54) is 23.7 Å². The van der Waals surface area contributed by atoms with Gasteiger partial charge in [0.05, 0.1) is 9.85 Å². The number of anilines is 1. The van der Waals surface area contributed by atoms with Crippen molar-refractivity contribution in [2.45, 2.75) is 32.5 Å². The molecule has 2 atom stereocenters. The van der Waals surface area contributed by atoms with E-state index in [0.29, 0.717) is 23.2 Å². The lowest BCUT2D eigenvalue weighted by Gasteiger charge is -2.43. The van der Waals surface area contributed by atoms with Crippen LogP contribution in [0.5, 0.6) is 0 Å². The summed E-state index contributed by atoms with van der Waals surface area (Å²) in [7, 11) is 0. The van der Waals surface area contributed by atoms with Gasteiger partial charge in [-0.3, -0.25) is 9.59 Å². The number of fused-ring (bicyclic) bond motifs is 1. The highest BCUT2D eigenvalue weighted by atomic mass is 35.5. The van der Waals surface area contributed by atoms with Gasteiger partial charge < -0.3 is 15.5 Å². The van der Waals surface area contributed by atoms with Crippen LogP contribution in [0.3, 0.4) is 0 Å². The number of nitrogen functional groups attached to an aromatic ring is 1. The highest BCUT2D eigenvalue weighted by Crippen LogP contribution is 2.25. The van der Waals surface area contributed by atoms with Crippen molar-refractivity contribution in [1.82, 2.24) is 19.8 Å². The number of hydrogen-bond donors (Lipinski definition) is 1. The van der Waals surface area contributed by atoms with E-state index >= 15 is 0 Å². The topological polar surface area (TPSA) is 92.4 Å². The first-order valence-corrected chi connectivity index (χ1v) is 11.1. The van der Waals surface area contributed by atoms with Gasteiger partial charge in [-0.05, 0) is 49.8 Å². The number of rotatable bonds is 4. The summed E-state index contributed by atoms with van der Waals surface area (Å²) < 4.78 is 0.667. The smallest absolute Gasteiger partial charge is 0.247 e. The summed E-state index contributed by atoms with van der Waals surface area (Å²) >= 11 is 7.33. The average molecular weight is 456 g/mol. The Morgan fingerprint density at radius 3 is 2.84 bits per heavy atom. The Kier molecular flexibility index (Phi) is 5.93. The number of amides is 2. The van der Waals surface area contributed by atoms with Crippen LogP contribution in [0.25, 0.3) is 17.0 Å². The summed E-state index contributed by atoms with van der Waals surface area (Å²) in [5.74, 6) is 0.163. The Balaban J connectivity index is 1.48. The van der Waals surface area contributed by atoms with Crippen LogP contribution < -0.4 is 5.73 Å². The van der Waals surface area contributed by atoms with Gasteiger partial charge in [0.15, 0.2) is 0 Å². The van der Waals surface area contributed by atoms with E-state index in [2.05, 4.69) is 9.97 Å². The molecular weight excluding hydrogens is 434 g/mol. The van der Waals surface area contributed by atoms with Gasteiger partial charge in [-0.1, -0.05) is 17.7 Å². The number of nitrogens with zero attached hydrogens (tertiary/aromatic N) is 4. The third-order valence-corrected chi connectivity index (χ3v) is 6.65. The van der Waals surface area contributed by atoms with Crippen LogP contribution in [0, 0.1) is 0 Å². The lowest BCUT2D eigenvalue weighted by Crippen LogP contribution is -2.60. The van der Waals surface area contributed by atoms with E-state index in [-0.39, 0.29) is 17.9 Å². The normalized spacial score (nSPS) is 19.5. The lowest BCUT2D eigenvalue weighted by atomic mass is 10.0. The minimum absolute atomic E-state index is 0.0815. The SMILES string of the molecule is CC1CN(C(=O)C=Cc2ccc(Cl)s2)[C@@H](C)C(=O)N1Cc1ccc2c(N)ncnc2c1. The molecule has 0 aliphatic carbocycles. The molecule has 1 saturated heterocycles. The summed E-state index contributed by atoms with van der Waals surface area (Å²) in [6, 6.07) is 8.70. The number of nitrogens with two attached hydrogens (primary N) is 1. The quantitative estimate of drug-likeness (QED) is 0.607. The molecule has 2 N–H and O–H groups in total. The number of thiophene rings is 1. The molecule has 7 nitrogen and oxygen atoms in total. The predicted octanol–water partition coefficient (Wildman–Crippen LogP) is 3.59. The Morgan fingerprint density at radius 2 is 2.10 bits per heavy atom. The van der Waals surface area contributed by atoms with Gasteiger partial charge >= 0.3 is 0 Å². The van der Waals surface area contributed by atoms with Crippen LogP contribution in [0.4, 0.5) is 5.82 Å². The van der Waals surface area contributed by atoms with Gasteiger partial charge in [0.2, 0.25) is 11.8 Å². The van der Waals surface area contributed by atoms with Gasteiger partial charge in [-0.25, -0.2) is 9.97 Å². The average Bonchev–Trinajstić information content (AvgIpc) is 3.17. The molecule has 9 heteroatoms. The first-order valence-electron chi connectivity index (χ1n) is 9.87. The maximum absolute atomic E-state index is 13.1. The zero-order chi connectivity index (χ0) is 22.1. The predicted molar refractivity (Wildman–Crippen MR) is 124 cm³/mol. The van der Waals surface area contributed by atoms with Gasteiger partial charge in [0.1, 0.15) is 18.2 Å². The van der Waals surface area contributed by atoms with E-state index in [9.17, 15) is 9.59 Å². The molecule has 2 amide bonds. The monoisotopic (exact) mass is 455 g/mol. The van der Waals surface area contributed by atoms with Crippen LogP contribution in [0.2, 0.25) is 4.34 Å². The molecule has 1 aliphatic heterocycles. The van der Waals surface area contributed by atoms with Gasteiger partial charge in [-0.2, -0.15) is 0 Å². The number of aromatic nitrogens is 2. The molecule has 31 heavy (non-hydrogen) atoms. The van der Waals surface area contributed by atoms with Crippen molar-refractivity contribution in [1.29, 1.82) is 0 Å². The van der Waals surface area contributed by atoms with E-state index in [1.807, 2.05) is 36.1 Å². The summed E-state index contributed by atoms with van der Waals surface area (Å²) in [6.45, 7) is 4.62. The number of carbonyl (C=O) groups excluding carboxylic acids is 2. The summed E-state index contributed by atoms with van der Waals surface area (Å²) in [6.07, 6.45) is 4.66. The van der Waals surface area contributed by atoms with Crippen LogP contribution >= 0.6 is 22.9 Å². The van der Waals surface area contributed by atoms with Crippen LogP contribution in [-0.4, -0.2) is 50.2 Å². The number of piperazine rings is 1. The molecule has 1 unspecified atom stereocenters. The first-order chi connectivity index (χ1) is 14.8. The molecule has 0 saturated carbocycles. The van der Waals surface area contributed by atoms with Gasteiger partial charge in [-0.15, -0.1) is 11.3 Å². The first kappa shape index (κ1) is 21.3. The fourth-order valence-electron chi connectivity index (χ4n) is 3.73. The maximum atomic E-state index is 13.1. The Labute approximate surface area is 189 Å². The van der Waals surface area contributed by atoms with E-state index in [1.54, 1.807) is 24.0 Å². The highest BCUT2D eigenvalue weighted by Gasteiger charge is 2.37. The molecule has 4 rings (SSSR count). The molecule has 3 heterocycles. The van der Waals surface area contributed by atoms with Crippen molar-refractivity contribution in [2.24, 2.45) is 0 Å².